The summed E-state index contributed by atoms with van der Waals surface area (Å²) in [6.45, 7) is 0.807. The van der Waals surface area contributed by atoms with Crippen LogP contribution in [0.2, 0.25) is 0 Å². The zero-order valence-electron chi connectivity index (χ0n) is 12.9. The van der Waals surface area contributed by atoms with Gasteiger partial charge in [-0.2, -0.15) is 0 Å². The third-order valence-electron chi connectivity index (χ3n) is 2.81. The Hall–Kier alpha value is -2.41. The second-order valence-corrected chi connectivity index (χ2v) is 4.69. The lowest BCUT2D eigenvalue weighted by atomic mass is 10.2. The molecule has 7 nitrogen and oxygen atoms in total. The zero-order valence-corrected chi connectivity index (χ0v) is 12.9. The van der Waals surface area contributed by atoms with Gasteiger partial charge in [0.25, 0.3) is 0 Å². The van der Waals surface area contributed by atoms with Crippen LogP contribution in [0.25, 0.3) is 0 Å². The van der Waals surface area contributed by atoms with Gasteiger partial charge in [0.2, 0.25) is 6.79 Å². The number of aliphatic hydroxyl groups is 1. The lowest BCUT2D eigenvalue weighted by molar-refractivity contribution is -0.152. The molecule has 1 aromatic carbocycles. The third kappa shape index (κ3) is 7.42. The molecule has 1 aromatic rings. The Labute approximate surface area is 134 Å². The highest BCUT2D eigenvalue weighted by atomic mass is 16.7. The highest BCUT2D eigenvalue weighted by molar-refractivity contribution is 5.93. The Bertz CT molecular complexity index is 539. The standard InChI is InChI=1S/C16H20O7/c1-12(18)23-14-8-5-4-7-13(14)16(20)22-11-21-15(19)9-3-2-6-10-17/h4-5,7-8,17H,2-3,6,9-11H2,1H3. The minimum atomic E-state index is -0.755. The number of benzene rings is 1. The van der Waals surface area contributed by atoms with E-state index in [9.17, 15) is 14.4 Å². The van der Waals surface area contributed by atoms with Gasteiger partial charge in [0.1, 0.15) is 11.3 Å². The molecule has 0 saturated carbocycles. The molecule has 1 N–H and O–H groups in total. The summed E-state index contributed by atoms with van der Waals surface area (Å²) in [5.74, 6) is -1.71. The average molecular weight is 324 g/mol. The SMILES string of the molecule is CC(=O)Oc1ccccc1C(=O)OCOC(=O)CCCCCO. The van der Waals surface area contributed by atoms with Crippen molar-refractivity contribution >= 4 is 17.9 Å². The number of hydrogen-bond acceptors (Lipinski definition) is 7. The number of unbranched alkanes of at least 4 members (excludes halogenated alkanes) is 2. The Kier molecular flexibility index (Phi) is 8.38. The molecule has 0 heterocycles. The van der Waals surface area contributed by atoms with Gasteiger partial charge < -0.3 is 19.3 Å². The smallest absolute Gasteiger partial charge is 0.344 e. The molecule has 0 atom stereocenters. The number of ether oxygens (including phenoxy) is 3. The lowest BCUT2D eigenvalue weighted by Gasteiger charge is -2.09. The summed E-state index contributed by atoms with van der Waals surface area (Å²) < 4.78 is 14.5. The highest BCUT2D eigenvalue weighted by Gasteiger charge is 2.15. The van der Waals surface area contributed by atoms with Gasteiger partial charge in [-0.25, -0.2) is 4.79 Å². The fourth-order valence-electron chi connectivity index (χ4n) is 1.74. The van der Waals surface area contributed by atoms with Crippen LogP contribution in [0.3, 0.4) is 0 Å². The van der Waals surface area contributed by atoms with E-state index in [0.29, 0.717) is 12.8 Å². The largest absolute Gasteiger partial charge is 0.428 e. The summed E-state index contributed by atoms with van der Waals surface area (Å²) in [5.41, 5.74) is 0.0710. The molecular weight excluding hydrogens is 304 g/mol. The topological polar surface area (TPSA) is 99.1 Å². The van der Waals surface area contributed by atoms with E-state index in [1.54, 1.807) is 12.1 Å². The third-order valence-corrected chi connectivity index (χ3v) is 2.81. The molecule has 0 spiro atoms. The first-order chi connectivity index (χ1) is 11.0. The van der Waals surface area contributed by atoms with Gasteiger partial charge in [-0.15, -0.1) is 0 Å². The van der Waals surface area contributed by atoms with Crippen molar-refractivity contribution < 1.29 is 33.7 Å². The molecule has 0 fully saturated rings. The van der Waals surface area contributed by atoms with E-state index in [2.05, 4.69) is 0 Å². The van der Waals surface area contributed by atoms with E-state index in [1.165, 1.54) is 19.1 Å². The number of rotatable bonds is 9. The molecule has 0 saturated heterocycles. The van der Waals surface area contributed by atoms with E-state index in [4.69, 9.17) is 19.3 Å². The van der Waals surface area contributed by atoms with Crippen LogP contribution in [-0.4, -0.2) is 36.4 Å². The van der Waals surface area contributed by atoms with E-state index < -0.39 is 24.7 Å². The summed E-state index contributed by atoms with van der Waals surface area (Å²) >= 11 is 0. The van der Waals surface area contributed by atoms with E-state index in [-0.39, 0.29) is 24.3 Å². The molecule has 0 aliphatic heterocycles. The minimum Gasteiger partial charge on any atom is -0.428 e. The minimum absolute atomic E-state index is 0.0710. The van der Waals surface area contributed by atoms with Crippen LogP contribution in [0, 0.1) is 0 Å². The molecule has 0 unspecified atom stereocenters. The van der Waals surface area contributed by atoms with Crippen molar-refractivity contribution in [1.82, 2.24) is 0 Å². The van der Waals surface area contributed by atoms with Gasteiger partial charge in [0, 0.05) is 20.0 Å². The summed E-state index contributed by atoms with van der Waals surface area (Å²) in [6, 6.07) is 6.11. The summed E-state index contributed by atoms with van der Waals surface area (Å²) in [4.78, 5) is 34.3. The first-order valence-electron chi connectivity index (χ1n) is 7.25. The molecule has 126 valence electrons. The summed E-state index contributed by atoms with van der Waals surface area (Å²) in [5, 5.41) is 8.61. The van der Waals surface area contributed by atoms with Gasteiger partial charge in [-0.1, -0.05) is 18.6 Å². The Morgan fingerprint density at radius 2 is 1.78 bits per heavy atom. The number of para-hydroxylation sites is 1. The van der Waals surface area contributed by atoms with Crippen LogP contribution in [0.1, 0.15) is 43.0 Å². The Morgan fingerprint density at radius 3 is 2.48 bits per heavy atom. The van der Waals surface area contributed by atoms with Crippen molar-refractivity contribution in [2.45, 2.75) is 32.6 Å². The number of hydrogen-bond donors (Lipinski definition) is 1. The van der Waals surface area contributed by atoms with Gasteiger partial charge in [0.15, 0.2) is 0 Å². The van der Waals surface area contributed by atoms with E-state index in [1.807, 2.05) is 0 Å². The maximum atomic E-state index is 11.9. The predicted octanol–water partition coefficient (Wildman–Crippen LogP) is 1.82. The van der Waals surface area contributed by atoms with Crippen LogP contribution >= 0.6 is 0 Å². The van der Waals surface area contributed by atoms with Gasteiger partial charge in [-0.3, -0.25) is 9.59 Å². The number of carbonyl (C=O) groups is 3. The van der Waals surface area contributed by atoms with Gasteiger partial charge in [-0.05, 0) is 25.0 Å². The zero-order chi connectivity index (χ0) is 17.1. The van der Waals surface area contributed by atoms with Crippen LogP contribution in [0.4, 0.5) is 0 Å². The molecule has 0 bridgehead atoms. The van der Waals surface area contributed by atoms with Gasteiger partial charge in [0.05, 0.1) is 0 Å². The number of esters is 3. The normalized spacial score (nSPS) is 10.0. The van der Waals surface area contributed by atoms with Crippen molar-refractivity contribution in [3.63, 3.8) is 0 Å². The van der Waals surface area contributed by atoms with Gasteiger partial charge >= 0.3 is 17.9 Å². The Balaban J connectivity index is 2.39. The first-order valence-corrected chi connectivity index (χ1v) is 7.25. The molecular formula is C16H20O7. The maximum Gasteiger partial charge on any atom is 0.344 e. The second kappa shape index (κ2) is 10.3. The molecule has 0 amide bonds. The summed E-state index contributed by atoms with van der Waals surface area (Å²) in [7, 11) is 0. The van der Waals surface area contributed by atoms with E-state index >= 15 is 0 Å². The van der Waals surface area contributed by atoms with Crippen LogP contribution in [0.15, 0.2) is 24.3 Å². The van der Waals surface area contributed by atoms with Crippen LogP contribution < -0.4 is 4.74 Å². The van der Waals surface area contributed by atoms with Crippen molar-refractivity contribution in [2.24, 2.45) is 0 Å². The Morgan fingerprint density at radius 1 is 1.04 bits per heavy atom. The van der Waals surface area contributed by atoms with Crippen LogP contribution in [-0.2, 0) is 19.1 Å². The molecule has 23 heavy (non-hydrogen) atoms. The molecule has 0 radical (unpaired) electrons. The van der Waals surface area contributed by atoms with Crippen molar-refractivity contribution in [2.75, 3.05) is 13.4 Å². The average Bonchev–Trinajstić information content (AvgIpc) is 2.51. The highest BCUT2D eigenvalue weighted by Crippen LogP contribution is 2.19. The monoisotopic (exact) mass is 324 g/mol. The number of aliphatic hydroxyl groups excluding tert-OH is 1. The molecule has 1 rings (SSSR count). The number of carbonyl (C=O) groups excluding carboxylic acids is 3. The quantitative estimate of drug-likeness (QED) is 0.320. The van der Waals surface area contributed by atoms with Crippen LogP contribution in [0.5, 0.6) is 5.75 Å². The fourth-order valence-corrected chi connectivity index (χ4v) is 1.74. The molecule has 0 aliphatic carbocycles. The van der Waals surface area contributed by atoms with Crippen molar-refractivity contribution in [3.05, 3.63) is 29.8 Å². The molecule has 0 aromatic heterocycles. The molecule has 0 aliphatic rings. The van der Waals surface area contributed by atoms with Crippen molar-refractivity contribution in [1.29, 1.82) is 0 Å². The van der Waals surface area contributed by atoms with Crippen molar-refractivity contribution in [3.8, 4) is 5.75 Å². The first kappa shape index (κ1) is 18.6. The van der Waals surface area contributed by atoms with E-state index in [0.717, 1.165) is 6.42 Å². The molecule has 7 heteroatoms. The summed E-state index contributed by atoms with van der Waals surface area (Å²) in [6.07, 6.45) is 2.15. The fraction of sp³-hybridized carbons (Fsp3) is 0.438. The predicted molar refractivity (Wildman–Crippen MR) is 79.7 cm³/mol. The second-order valence-electron chi connectivity index (χ2n) is 4.69. The maximum absolute atomic E-state index is 11.9. The lowest BCUT2D eigenvalue weighted by Crippen LogP contribution is -2.14.